The molecule has 0 bridgehead atoms. The summed E-state index contributed by atoms with van der Waals surface area (Å²) in [4.78, 5) is 18.2. The number of hydrogen-bond donors (Lipinski definition) is 2. The SMILES string of the molecule is [2H]C([2H])([2H])NC(=O)c1nnc(Cl)cc1Nc1nc(C)cc(-c2cnn(C)n2)c1OC. The summed E-state index contributed by atoms with van der Waals surface area (Å²) in [5, 5.41) is 20.5. The molecule has 0 saturated heterocycles. The molecule has 3 aromatic rings. The number of methoxy groups -OCH3 is 1. The summed E-state index contributed by atoms with van der Waals surface area (Å²) in [6.45, 7) is -0.932. The van der Waals surface area contributed by atoms with Crippen LogP contribution in [-0.2, 0) is 7.05 Å². The van der Waals surface area contributed by atoms with Gasteiger partial charge in [-0.05, 0) is 13.0 Å². The van der Waals surface area contributed by atoms with Gasteiger partial charge in [-0.2, -0.15) is 15.0 Å². The predicted molar refractivity (Wildman–Crippen MR) is 99.2 cm³/mol. The number of hydrogen-bond acceptors (Lipinski definition) is 8. The van der Waals surface area contributed by atoms with Crippen molar-refractivity contribution >= 4 is 29.0 Å². The fourth-order valence-electron chi connectivity index (χ4n) is 2.43. The number of aryl methyl sites for hydroxylation is 2. The second kappa shape index (κ2) is 7.54. The number of amides is 1. The number of nitrogens with one attached hydrogen (secondary N) is 2. The number of carbonyl (C=O) groups is 1. The molecule has 3 heterocycles. The molecule has 0 unspecified atom stereocenters. The summed E-state index contributed by atoms with van der Waals surface area (Å²) in [6, 6.07) is 3.10. The molecular weight excluding hydrogens is 372 g/mol. The van der Waals surface area contributed by atoms with Gasteiger partial charge in [0.05, 0.1) is 24.6 Å². The first-order chi connectivity index (χ1) is 14.1. The van der Waals surface area contributed by atoms with E-state index in [0.29, 0.717) is 22.7 Å². The number of nitrogens with zero attached hydrogens (tertiary/aromatic N) is 6. The van der Waals surface area contributed by atoms with Crippen molar-refractivity contribution in [3.8, 4) is 17.0 Å². The van der Waals surface area contributed by atoms with E-state index in [9.17, 15) is 4.79 Å². The van der Waals surface area contributed by atoms with Gasteiger partial charge in [-0.1, -0.05) is 11.6 Å². The third kappa shape index (κ3) is 3.80. The number of pyridine rings is 1. The maximum atomic E-state index is 12.4. The quantitative estimate of drug-likeness (QED) is 0.674. The topological polar surface area (TPSA) is 120 Å². The summed E-state index contributed by atoms with van der Waals surface area (Å²) < 4.78 is 27.2. The van der Waals surface area contributed by atoms with E-state index in [1.165, 1.54) is 18.0 Å². The molecule has 0 spiro atoms. The summed E-state index contributed by atoms with van der Waals surface area (Å²) in [6.07, 6.45) is 1.57. The molecule has 10 nitrogen and oxygen atoms in total. The smallest absolute Gasteiger partial charge is 0.273 e. The average molecular weight is 392 g/mol. The molecule has 3 rings (SSSR count). The first kappa shape index (κ1) is 14.9. The minimum absolute atomic E-state index is 0.0105. The lowest BCUT2D eigenvalue weighted by atomic mass is 10.1. The van der Waals surface area contributed by atoms with E-state index < -0.39 is 12.9 Å². The zero-order chi connectivity index (χ0) is 22.1. The summed E-state index contributed by atoms with van der Waals surface area (Å²) in [7, 11) is 3.14. The lowest BCUT2D eigenvalue weighted by molar-refractivity contribution is 0.0958. The first-order valence-corrected chi connectivity index (χ1v) is 8.00. The summed E-state index contributed by atoms with van der Waals surface area (Å²) >= 11 is 5.93. The van der Waals surface area contributed by atoms with Crippen LogP contribution < -0.4 is 15.4 Å². The van der Waals surface area contributed by atoms with Crippen LogP contribution in [0.15, 0.2) is 18.3 Å². The van der Waals surface area contributed by atoms with Gasteiger partial charge in [0.15, 0.2) is 22.4 Å². The Hall–Kier alpha value is -3.27. The fourth-order valence-corrected chi connectivity index (χ4v) is 2.58. The second-order valence-electron chi connectivity index (χ2n) is 5.42. The third-order valence-corrected chi connectivity index (χ3v) is 3.71. The van der Waals surface area contributed by atoms with Crippen molar-refractivity contribution in [2.24, 2.45) is 7.05 Å². The Morgan fingerprint density at radius 1 is 1.37 bits per heavy atom. The highest BCUT2D eigenvalue weighted by molar-refractivity contribution is 6.29. The molecule has 140 valence electrons. The van der Waals surface area contributed by atoms with Crippen LogP contribution in [0.1, 0.15) is 20.3 Å². The third-order valence-electron chi connectivity index (χ3n) is 3.53. The van der Waals surface area contributed by atoms with Crippen LogP contribution in [0.3, 0.4) is 0 Å². The highest BCUT2D eigenvalue weighted by Gasteiger charge is 2.20. The fraction of sp³-hybridized carbons (Fsp3) is 0.250. The molecule has 1 amide bonds. The number of ether oxygens (including phenoxy) is 1. The molecule has 0 aromatic carbocycles. The van der Waals surface area contributed by atoms with Gasteiger partial charge in [-0.25, -0.2) is 4.98 Å². The number of aromatic nitrogens is 6. The second-order valence-corrected chi connectivity index (χ2v) is 5.81. The van der Waals surface area contributed by atoms with Crippen molar-refractivity contribution in [2.45, 2.75) is 6.92 Å². The summed E-state index contributed by atoms with van der Waals surface area (Å²) in [5.41, 5.74) is 1.61. The van der Waals surface area contributed by atoms with Gasteiger partial charge in [-0.15, -0.1) is 10.2 Å². The number of halogens is 1. The van der Waals surface area contributed by atoms with Gasteiger partial charge >= 0.3 is 0 Å². The van der Waals surface area contributed by atoms with Gasteiger partial charge < -0.3 is 15.4 Å². The first-order valence-electron chi connectivity index (χ1n) is 9.12. The number of rotatable bonds is 5. The Bertz CT molecular complexity index is 1100. The maximum absolute atomic E-state index is 12.4. The van der Waals surface area contributed by atoms with E-state index in [4.69, 9.17) is 20.5 Å². The molecule has 11 heteroatoms. The maximum Gasteiger partial charge on any atom is 0.273 e. The van der Waals surface area contributed by atoms with Gasteiger partial charge in [0, 0.05) is 29.9 Å². The number of carbonyl (C=O) groups excluding carboxylic acids is 1. The number of anilines is 2. The lowest BCUT2D eigenvalue weighted by Gasteiger charge is -2.15. The summed E-state index contributed by atoms with van der Waals surface area (Å²) in [5.74, 6) is -0.385. The van der Waals surface area contributed by atoms with E-state index in [1.807, 2.05) is 5.32 Å². The van der Waals surface area contributed by atoms with Crippen molar-refractivity contribution in [1.29, 1.82) is 0 Å². The van der Waals surface area contributed by atoms with Crippen molar-refractivity contribution in [3.63, 3.8) is 0 Å². The Kier molecular flexibility index (Phi) is 4.15. The van der Waals surface area contributed by atoms with Gasteiger partial charge in [0.2, 0.25) is 0 Å². The van der Waals surface area contributed by atoms with Crippen LogP contribution in [0, 0.1) is 6.92 Å². The zero-order valence-electron chi connectivity index (χ0n) is 17.6. The molecule has 0 aliphatic heterocycles. The van der Waals surface area contributed by atoms with E-state index in [1.54, 1.807) is 26.2 Å². The van der Waals surface area contributed by atoms with Crippen LogP contribution in [0.2, 0.25) is 5.15 Å². The molecule has 3 aromatic heterocycles. The van der Waals surface area contributed by atoms with E-state index in [0.717, 1.165) is 0 Å². The van der Waals surface area contributed by atoms with E-state index >= 15 is 0 Å². The molecule has 0 aliphatic rings. The molecule has 0 fully saturated rings. The highest BCUT2D eigenvalue weighted by Crippen LogP contribution is 2.36. The van der Waals surface area contributed by atoms with Gasteiger partial charge in [-0.3, -0.25) is 4.79 Å². The Morgan fingerprint density at radius 3 is 2.85 bits per heavy atom. The monoisotopic (exact) mass is 391 g/mol. The van der Waals surface area contributed by atoms with Crippen molar-refractivity contribution in [1.82, 2.24) is 35.5 Å². The zero-order valence-corrected chi connectivity index (χ0v) is 15.4. The van der Waals surface area contributed by atoms with Crippen molar-refractivity contribution in [2.75, 3.05) is 19.4 Å². The van der Waals surface area contributed by atoms with E-state index in [-0.39, 0.29) is 22.4 Å². The van der Waals surface area contributed by atoms with Crippen LogP contribution in [-0.4, -0.2) is 50.2 Å². The van der Waals surface area contributed by atoms with Crippen LogP contribution in [0.4, 0.5) is 11.5 Å². The molecule has 27 heavy (non-hydrogen) atoms. The lowest BCUT2D eigenvalue weighted by Crippen LogP contribution is -2.21. The standard InChI is InChI=1S/C16H17ClN8O2/c1-8-5-9(11-7-19-25(3)24-11)14(27-4)15(20-8)21-10-6-12(17)22-23-13(10)16(26)18-2/h5-7H,1-4H3,(H,18,26)(H,20,21,22)/i2D3. The Labute approximate surface area is 164 Å². The molecule has 2 N–H and O–H groups in total. The Balaban J connectivity index is 2.07. The van der Waals surface area contributed by atoms with Gasteiger partial charge in [0.1, 0.15) is 5.69 Å². The molecule has 0 atom stereocenters. The Morgan fingerprint density at radius 2 is 2.19 bits per heavy atom. The highest BCUT2D eigenvalue weighted by atomic mass is 35.5. The minimum Gasteiger partial charge on any atom is -0.492 e. The van der Waals surface area contributed by atoms with Crippen LogP contribution >= 0.6 is 11.6 Å². The molecular formula is C16H17ClN8O2. The largest absolute Gasteiger partial charge is 0.492 e. The molecule has 0 aliphatic carbocycles. The van der Waals surface area contributed by atoms with Gasteiger partial charge in [0.25, 0.3) is 5.91 Å². The average Bonchev–Trinajstić information content (AvgIpc) is 3.06. The molecule has 0 saturated carbocycles. The van der Waals surface area contributed by atoms with Crippen molar-refractivity contribution < 1.29 is 13.6 Å². The van der Waals surface area contributed by atoms with Crippen LogP contribution in [0.25, 0.3) is 11.3 Å². The molecule has 0 radical (unpaired) electrons. The normalized spacial score (nSPS) is 12.7. The van der Waals surface area contributed by atoms with Crippen molar-refractivity contribution in [3.05, 3.63) is 34.9 Å². The van der Waals surface area contributed by atoms with E-state index in [2.05, 4.69) is 30.7 Å². The minimum atomic E-state index is -2.70. The predicted octanol–water partition coefficient (Wildman–Crippen LogP) is 1.74. The van der Waals surface area contributed by atoms with Crippen LogP contribution in [0.5, 0.6) is 5.75 Å².